The third kappa shape index (κ3) is 2.65. The molecule has 0 bridgehead atoms. The molecule has 1 aromatic carbocycles. The lowest BCUT2D eigenvalue weighted by Gasteiger charge is -2.08. The molecule has 0 aliphatic carbocycles. The summed E-state index contributed by atoms with van der Waals surface area (Å²) in [6.07, 6.45) is 0. The van der Waals surface area contributed by atoms with Gasteiger partial charge in [-0.15, -0.1) is 0 Å². The maximum atomic E-state index is 10.0. The van der Waals surface area contributed by atoms with Gasteiger partial charge in [0.15, 0.2) is 4.39 Å². The van der Waals surface area contributed by atoms with E-state index < -0.39 is 10.8 Å². The fourth-order valence-electron chi connectivity index (χ4n) is 0.675. The van der Waals surface area contributed by atoms with E-state index in [-0.39, 0.29) is 0 Å². The molecule has 0 heterocycles. The Hall–Kier alpha value is -0.850. The maximum Gasteiger partial charge on any atom is 0.321 e. The number of nitrogens with zero attached hydrogens (tertiary/aromatic N) is 1. The lowest BCUT2D eigenvalue weighted by atomic mass is 10.3. The van der Waals surface area contributed by atoms with Crippen LogP contribution < -0.4 is 20.3 Å². The zero-order valence-corrected chi connectivity index (χ0v) is 6.77. The summed E-state index contributed by atoms with van der Waals surface area (Å²) < 4.78 is 24.1. The summed E-state index contributed by atoms with van der Waals surface area (Å²) in [5.41, 5.74) is 0.451. The van der Waals surface area contributed by atoms with Crippen molar-refractivity contribution in [3.05, 3.63) is 30.3 Å². The van der Waals surface area contributed by atoms with Crippen molar-refractivity contribution in [2.24, 2.45) is 5.84 Å². The standard InChI is InChI=1S/C6H7ClN2O3/c8-9(12-7(10)11)6-4-2-1-3-5-6/h1-5H,8H2. The van der Waals surface area contributed by atoms with E-state index in [4.69, 9.17) is 5.84 Å². The molecule has 5 nitrogen and oxygen atoms in total. The lowest BCUT2D eigenvalue weighted by molar-refractivity contribution is -1.63. The highest BCUT2D eigenvalue weighted by molar-refractivity contribution is 5.41. The molecule has 66 valence electrons. The molecule has 0 saturated carbocycles. The second-order valence-corrected chi connectivity index (χ2v) is 2.44. The highest BCUT2D eigenvalue weighted by atomic mass is 35.6. The normalized spacial score (nSPS) is 10.3. The Morgan fingerprint density at radius 1 is 1.25 bits per heavy atom. The summed E-state index contributed by atoms with van der Waals surface area (Å²) in [5.74, 6) is 5.20. The predicted molar refractivity (Wildman–Crippen MR) is 34.2 cm³/mol. The van der Waals surface area contributed by atoms with E-state index in [0.29, 0.717) is 10.9 Å². The second kappa shape index (κ2) is 4.24. The highest BCUT2D eigenvalue weighted by Gasteiger charge is 2.14. The minimum atomic E-state index is -2.33. The minimum Gasteiger partial charge on any atom is -0.318 e. The van der Waals surface area contributed by atoms with Crippen molar-refractivity contribution in [3.8, 4) is 0 Å². The molecular weight excluding hydrogens is 184 g/mol. The smallest absolute Gasteiger partial charge is 0.318 e. The van der Waals surface area contributed by atoms with E-state index in [2.05, 4.69) is 4.39 Å². The van der Waals surface area contributed by atoms with Crippen molar-refractivity contribution >= 4 is 5.69 Å². The molecule has 0 aliphatic heterocycles. The van der Waals surface area contributed by atoms with E-state index >= 15 is 0 Å². The lowest BCUT2D eigenvalue weighted by Crippen LogP contribution is -2.44. The molecular formula is C6H7ClN2O3. The maximum absolute atomic E-state index is 10.0. The van der Waals surface area contributed by atoms with Gasteiger partial charge in [-0.1, -0.05) is 23.4 Å². The largest absolute Gasteiger partial charge is 0.321 e. The summed E-state index contributed by atoms with van der Waals surface area (Å²) in [7, 11) is -2.33. The average Bonchev–Trinajstić information content (AvgIpc) is 2.05. The van der Waals surface area contributed by atoms with Crippen LogP contribution in [0, 0.1) is 10.8 Å². The van der Waals surface area contributed by atoms with Crippen LogP contribution in [-0.4, -0.2) is 0 Å². The summed E-state index contributed by atoms with van der Waals surface area (Å²) >= 11 is 0. The van der Waals surface area contributed by atoms with Crippen LogP contribution in [0.4, 0.5) is 5.69 Å². The zero-order valence-electron chi connectivity index (χ0n) is 6.01. The van der Waals surface area contributed by atoms with Gasteiger partial charge in [0, 0.05) is 0 Å². The van der Waals surface area contributed by atoms with Crippen LogP contribution in [0.1, 0.15) is 0 Å². The number of rotatable bonds is 3. The molecule has 12 heavy (non-hydrogen) atoms. The van der Waals surface area contributed by atoms with Gasteiger partial charge in [0.25, 0.3) is 0 Å². The molecule has 6 heteroatoms. The number of anilines is 1. The van der Waals surface area contributed by atoms with E-state index in [0.717, 1.165) is 0 Å². The van der Waals surface area contributed by atoms with Gasteiger partial charge >= 0.3 is 10.8 Å². The number of hydrogen-bond donors (Lipinski definition) is 1. The summed E-state index contributed by atoms with van der Waals surface area (Å²) in [6.45, 7) is 0. The van der Waals surface area contributed by atoms with Gasteiger partial charge in [0.2, 0.25) is 0 Å². The van der Waals surface area contributed by atoms with Crippen molar-refractivity contribution < 1.29 is 24.5 Å². The molecule has 0 atom stereocenters. The van der Waals surface area contributed by atoms with Crippen LogP contribution in [0.5, 0.6) is 0 Å². The SMILES string of the molecule is NN(O[Cl+2]([O-])[O-])c1ccccc1. The number of hydrazine groups is 1. The molecule has 0 aromatic heterocycles. The number of hydrogen-bond acceptors (Lipinski definition) is 5. The third-order valence-electron chi connectivity index (χ3n) is 1.14. The van der Waals surface area contributed by atoms with Crippen molar-refractivity contribution in [2.75, 3.05) is 5.17 Å². The molecule has 0 saturated heterocycles. The first kappa shape index (κ1) is 9.24. The molecule has 1 aromatic rings. The first-order valence-electron chi connectivity index (χ1n) is 3.04. The Bertz CT molecular complexity index is 231. The number of benzene rings is 1. The van der Waals surface area contributed by atoms with Gasteiger partial charge in [-0.05, 0) is 12.1 Å². The molecule has 0 radical (unpaired) electrons. The molecule has 2 N–H and O–H groups in total. The van der Waals surface area contributed by atoms with Crippen LogP contribution in [0.15, 0.2) is 30.3 Å². The molecule has 1 rings (SSSR count). The Morgan fingerprint density at radius 2 is 1.83 bits per heavy atom. The minimum absolute atomic E-state index is 0.451. The van der Waals surface area contributed by atoms with Crippen molar-refractivity contribution in [2.45, 2.75) is 0 Å². The second-order valence-electron chi connectivity index (χ2n) is 1.92. The Balaban J connectivity index is 2.59. The Morgan fingerprint density at radius 3 is 2.33 bits per heavy atom. The Labute approximate surface area is 72.3 Å². The number of nitrogens with two attached hydrogens (primary N) is 1. The fourth-order valence-corrected chi connectivity index (χ4v) is 0.877. The van der Waals surface area contributed by atoms with Gasteiger partial charge < -0.3 is 9.32 Å². The van der Waals surface area contributed by atoms with Gasteiger partial charge in [-0.3, -0.25) is 0 Å². The van der Waals surface area contributed by atoms with Crippen LogP contribution in [0.2, 0.25) is 0 Å². The number of para-hydroxylation sites is 1. The molecule has 0 unspecified atom stereocenters. The number of halogens is 1. The van der Waals surface area contributed by atoms with E-state index in [9.17, 15) is 9.32 Å². The molecule has 0 spiro atoms. The first-order chi connectivity index (χ1) is 5.70. The summed E-state index contributed by atoms with van der Waals surface area (Å²) in [4.78, 5) is 0. The van der Waals surface area contributed by atoms with Gasteiger partial charge in [0.1, 0.15) is 0 Å². The highest BCUT2D eigenvalue weighted by Crippen LogP contribution is 2.09. The average molecular weight is 191 g/mol. The summed E-state index contributed by atoms with van der Waals surface area (Å²) in [5, 5.41) is 0.653. The summed E-state index contributed by atoms with van der Waals surface area (Å²) in [6, 6.07) is 8.43. The van der Waals surface area contributed by atoms with Crippen molar-refractivity contribution in [3.63, 3.8) is 0 Å². The van der Waals surface area contributed by atoms with E-state index in [1.54, 1.807) is 30.3 Å². The molecule has 0 aliphatic rings. The van der Waals surface area contributed by atoms with E-state index in [1.165, 1.54) is 0 Å². The van der Waals surface area contributed by atoms with Crippen molar-refractivity contribution in [1.82, 2.24) is 0 Å². The monoisotopic (exact) mass is 190 g/mol. The predicted octanol–water partition coefficient (Wildman–Crippen LogP) is -1.62. The quantitative estimate of drug-likeness (QED) is 0.458. The zero-order chi connectivity index (χ0) is 8.97. The van der Waals surface area contributed by atoms with Crippen LogP contribution in [0.25, 0.3) is 0 Å². The van der Waals surface area contributed by atoms with Crippen LogP contribution in [-0.2, 0) is 4.39 Å². The van der Waals surface area contributed by atoms with Gasteiger partial charge in [-0.25, -0.2) is 5.84 Å². The third-order valence-corrected chi connectivity index (χ3v) is 1.40. The topological polar surface area (TPSA) is 84.6 Å². The van der Waals surface area contributed by atoms with Gasteiger partial charge in [0.05, 0.1) is 5.69 Å². The van der Waals surface area contributed by atoms with Crippen molar-refractivity contribution in [1.29, 1.82) is 0 Å². The van der Waals surface area contributed by atoms with Crippen LogP contribution in [0.3, 0.4) is 0 Å². The van der Waals surface area contributed by atoms with Gasteiger partial charge in [-0.2, -0.15) is 0 Å². The van der Waals surface area contributed by atoms with Crippen LogP contribution >= 0.6 is 0 Å². The first-order valence-corrected chi connectivity index (χ1v) is 3.96. The molecule has 0 fully saturated rings. The fraction of sp³-hybridized carbons (Fsp3) is 0. The molecule has 0 amide bonds. The Kier molecular flexibility index (Phi) is 3.27. The van der Waals surface area contributed by atoms with E-state index in [1.807, 2.05) is 0 Å².